The summed E-state index contributed by atoms with van der Waals surface area (Å²) in [6, 6.07) is 0. The Balaban J connectivity index is -0.000000285. The minimum Gasteiger partial charge on any atom is -0.359 e. The molecule has 18 heteroatoms. The van der Waals surface area contributed by atoms with E-state index in [1.54, 1.807) is 64.0 Å². The van der Waals surface area contributed by atoms with Gasteiger partial charge in [0, 0.05) is 64.0 Å². The van der Waals surface area contributed by atoms with Crippen LogP contribution in [0.1, 0.15) is 7.43 Å². The zero-order valence-electron chi connectivity index (χ0n) is 28.7. The maximum absolute atomic E-state index is 5.30. The first kappa shape index (κ1) is 52.1. The average molecular weight is 689 g/mol. The molecule has 0 aromatic rings. The van der Waals surface area contributed by atoms with Crippen LogP contribution in [-0.4, -0.2) is 183 Å². The molecule has 0 N–H and O–H groups in total. The molecule has 0 aromatic carbocycles. The molecule has 0 spiro atoms. The Bertz CT molecular complexity index is 401. The van der Waals surface area contributed by atoms with Gasteiger partial charge in [-0.2, -0.15) is 0 Å². The van der Waals surface area contributed by atoms with Gasteiger partial charge < -0.3 is 85.3 Å². The lowest BCUT2D eigenvalue weighted by Gasteiger charge is -2.17. The molecule has 18 nitrogen and oxygen atoms in total. The smallest absolute Gasteiger partial charge is 0.146 e. The molecule has 0 radical (unpaired) electrons. The van der Waals surface area contributed by atoms with Crippen molar-refractivity contribution >= 4 is 0 Å². The van der Waals surface area contributed by atoms with E-state index in [0.717, 1.165) is 0 Å². The molecule has 0 aliphatic heterocycles. The monoisotopic (exact) mass is 688 g/mol. The van der Waals surface area contributed by atoms with Gasteiger partial charge in [-0.15, -0.1) is 0 Å². The molecule has 0 unspecified atom stereocenters. The summed E-state index contributed by atoms with van der Waals surface area (Å²) in [5, 5.41) is 0. The van der Waals surface area contributed by atoms with Gasteiger partial charge in [0.05, 0.1) is 39.6 Å². The van der Waals surface area contributed by atoms with Crippen LogP contribution in [0.5, 0.6) is 0 Å². The van der Waals surface area contributed by atoms with Crippen molar-refractivity contribution in [3.63, 3.8) is 0 Å². The predicted octanol–water partition coefficient (Wildman–Crippen LogP) is 1.29. The maximum Gasteiger partial charge on any atom is 0.146 e. The van der Waals surface area contributed by atoms with E-state index < -0.39 is 0 Å². The highest BCUT2D eigenvalue weighted by atomic mass is 16.7. The Hall–Kier alpha value is -0.720. The van der Waals surface area contributed by atoms with Crippen LogP contribution in [0.25, 0.3) is 0 Å². The molecule has 0 rings (SSSR count). The minimum atomic E-state index is -0.185. The predicted molar refractivity (Wildman–Crippen MR) is 164 cm³/mol. The van der Waals surface area contributed by atoms with E-state index in [9.17, 15) is 0 Å². The largest absolute Gasteiger partial charge is 0.359 e. The van der Waals surface area contributed by atoms with Crippen molar-refractivity contribution in [1.82, 2.24) is 0 Å². The molecule has 0 heterocycles. The average Bonchev–Trinajstić information content (AvgIpc) is 3.05. The standard InChI is InChI=1S/3C9H20O6.CH4/c3*1-10-6-13-4-9(15-8-12-3)5-14-7-11-2;/h3*9H,4-8H2,1-3H3;1H4. The van der Waals surface area contributed by atoms with E-state index >= 15 is 0 Å². The highest BCUT2D eigenvalue weighted by Crippen LogP contribution is 1.98. The van der Waals surface area contributed by atoms with E-state index in [0.29, 0.717) is 39.6 Å². The number of ether oxygens (including phenoxy) is 18. The van der Waals surface area contributed by atoms with Gasteiger partial charge in [0.2, 0.25) is 0 Å². The molecule has 0 aromatic heterocycles. The molecule has 284 valence electrons. The number of rotatable bonds is 33. The third-order valence-corrected chi connectivity index (χ3v) is 4.29. The lowest BCUT2D eigenvalue weighted by molar-refractivity contribution is -0.151. The molecule has 0 saturated carbocycles. The fourth-order valence-electron chi connectivity index (χ4n) is 2.50. The van der Waals surface area contributed by atoms with Crippen LogP contribution in [0.4, 0.5) is 0 Å². The summed E-state index contributed by atoms with van der Waals surface area (Å²) in [5.41, 5.74) is 0. The van der Waals surface area contributed by atoms with Crippen LogP contribution in [0.3, 0.4) is 0 Å². The summed E-state index contributed by atoms with van der Waals surface area (Å²) in [4.78, 5) is 0. The molecule has 0 bridgehead atoms. The highest BCUT2D eigenvalue weighted by Gasteiger charge is 2.11. The molecule has 0 saturated heterocycles. The summed E-state index contributed by atoms with van der Waals surface area (Å²) in [6.45, 7) is 4.36. The van der Waals surface area contributed by atoms with E-state index in [2.05, 4.69) is 0 Å². The van der Waals surface area contributed by atoms with Gasteiger partial charge in [-0.25, -0.2) is 0 Å². The van der Waals surface area contributed by atoms with Gasteiger partial charge in [0.1, 0.15) is 79.4 Å². The van der Waals surface area contributed by atoms with E-state index in [1.165, 1.54) is 0 Å². The second-order valence-corrected chi connectivity index (χ2v) is 8.25. The molecule has 0 aliphatic rings. The fourth-order valence-corrected chi connectivity index (χ4v) is 2.50. The van der Waals surface area contributed by atoms with Gasteiger partial charge in [-0.1, -0.05) is 7.43 Å². The Morgan fingerprint density at radius 2 is 0.413 bits per heavy atom. The third-order valence-electron chi connectivity index (χ3n) is 4.29. The molecule has 46 heavy (non-hydrogen) atoms. The van der Waals surface area contributed by atoms with E-state index in [4.69, 9.17) is 85.3 Å². The van der Waals surface area contributed by atoms with Crippen molar-refractivity contribution in [2.45, 2.75) is 25.7 Å². The first-order valence-corrected chi connectivity index (χ1v) is 13.8. The Morgan fingerprint density at radius 1 is 0.261 bits per heavy atom. The van der Waals surface area contributed by atoms with Gasteiger partial charge in [0.25, 0.3) is 0 Å². The minimum absolute atomic E-state index is 0. The zero-order valence-corrected chi connectivity index (χ0v) is 28.7. The van der Waals surface area contributed by atoms with E-state index in [-0.39, 0.29) is 86.9 Å². The van der Waals surface area contributed by atoms with Crippen LogP contribution < -0.4 is 0 Å². The lowest BCUT2D eigenvalue weighted by Crippen LogP contribution is -2.27. The summed E-state index contributed by atoms with van der Waals surface area (Å²) in [6.07, 6.45) is -0.555. The summed E-state index contributed by atoms with van der Waals surface area (Å²) < 4.78 is 89.7. The number of hydrogen-bond donors (Lipinski definition) is 0. The van der Waals surface area contributed by atoms with Crippen molar-refractivity contribution in [2.75, 3.05) is 165 Å². The Labute approximate surface area is 276 Å². The van der Waals surface area contributed by atoms with Gasteiger partial charge in [-0.05, 0) is 0 Å². The molecular weight excluding hydrogens is 624 g/mol. The molecule has 0 amide bonds. The Morgan fingerprint density at radius 3 is 0.543 bits per heavy atom. The summed E-state index contributed by atoms with van der Waals surface area (Å²) >= 11 is 0. The van der Waals surface area contributed by atoms with Crippen molar-refractivity contribution in [3.8, 4) is 0 Å². The Kier molecular flexibility index (Phi) is 55.1. The zero-order chi connectivity index (χ0) is 34.1. The van der Waals surface area contributed by atoms with Gasteiger partial charge >= 0.3 is 0 Å². The normalized spacial score (nSPS) is 11.0. The fraction of sp³-hybridized carbons (Fsp3) is 1.00. The first-order valence-electron chi connectivity index (χ1n) is 13.8. The van der Waals surface area contributed by atoms with Crippen LogP contribution in [0, 0.1) is 0 Å². The van der Waals surface area contributed by atoms with E-state index in [1.807, 2.05) is 0 Å². The van der Waals surface area contributed by atoms with Crippen LogP contribution in [0.15, 0.2) is 0 Å². The van der Waals surface area contributed by atoms with Crippen LogP contribution >= 0.6 is 0 Å². The van der Waals surface area contributed by atoms with Crippen LogP contribution in [-0.2, 0) is 85.3 Å². The third kappa shape index (κ3) is 45.4. The van der Waals surface area contributed by atoms with Crippen LogP contribution in [0.2, 0.25) is 0 Å². The second-order valence-electron chi connectivity index (χ2n) is 8.25. The highest BCUT2D eigenvalue weighted by molar-refractivity contribution is 4.54. The number of methoxy groups -OCH3 is 9. The van der Waals surface area contributed by atoms with Gasteiger partial charge in [0.15, 0.2) is 0 Å². The van der Waals surface area contributed by atoms with Gasteiger partial charge in [-0.3, -0.25) is 0 Å². The van der Waals surface area contributed by atoms with Crippen molar-refractivity contribution in [2.24, 2.45) is 0 Å². The van der Waals surface area contributed by atoms with Crippen molar-refractivity contribution in [3.05, 3.63) is 0 Å². The number of hydrogen-bond acceptors (Lipinski definition) is 18. The molecule has 0 aliphatic carbocycles. The second kappa shape index (κ2) is 48.7. The summed E-state index contributed by atoms with van der Waals surface area (Å²) in [5.74, 6) is 0. The molecular formula is C28H64O18. The van der Waals surface area contributed by atoms with Crippen molar-refractivity contribution < 1.29 is 85.3 Å². The van der Waals surface area contributed by atoms with Crippen molar-refractivity contribution in [1.29, 1.82) is 0 Å². The molecule has 0 atom stereocenters. The summed E-state index contributed by atoms with van der Waals surface area (Å²) in [7, 11) is 14.0. The maximum atomic E-state index is 5.30. The molecule has 0 fully saturated rings. The lowest BCUT2D eigenvalue weighted by atomic mass is 10.4. The SMILES string of the molecule is C.COCOCC(COCOC)OCOC.COCOCC(COCOC)OCOC.COCOCC(COCOC)OCOC. The first-order chi connectivity index (χ1) is 22.0. The quantitative estimate of drug-likeness (QED) is 0.0714. The topological polar surface area (TPSA) is 166 Å².